The Bertz CT molecular complexity index is 664. The van der Waals surface area contributed by atoms with Crippen molar-refractivity contribution in [3.05, 3.63) is 34.5 Å². The molecule has 0 amide bonds. The number of aryl methyl sites for hydroxylation is 2. The maximum atomic E-state index is 3.78. The van der Waals surface area contributed by atoms with Gasteiger partial charge in [-0.1, -0.05) is 32.4 Å². The first kappa shape index (κ1) is 14.6. The molecule has 0 saturated heterocycles. The molecular weight excluding hydrogens is 256 g/mol. The van der Waals surface area contributed by atoms with Crippen molar-refractivity contribution in [2.45, 2.75) is 59.9 Å². The Morgan fingerprint density at radius 3 is 2.76 bits per heavy atom. The third kappa shape index (κ3) is 2.62. The minimum atomic E-state index is 0.363. The van der Waals surface area contributed by atoms with Crippen LogP contribution >= 0.6 is 0 Å². The van der Waals surface area contributed by atoms with Crippen LogP contribution < -0.4 is 5.32 Å². The molecular formula is C19H28N2. The van der Waals surface area contributed by atoms with Crippen LogP contribution in [0.15, 0.2) is 12.1 Å². The fraction of sp³-hybridized carbons (Fsp3) is 0.579. The second kappa shape index (κ2) is 5.17. The van der Waals surface area contributed by atoms with Crippen LogP contribution in [-0.2, 0) is 6.42 Å². The molecule has 2 heteroatoms. The van der Waals surface area contributed by atoms with Crippen molar-refractivity contribution in [1.82, 2.24) is 10.3 Å². The van der Waals surface area contributed by atoms with Gasteiger partial charge in [-0.25, -0.2) is 0 Å². The molecule has 0 radical (unpaired) electrons. The average Bonchev–Trinajstić information content (AvgIpc) is 2.73. The van der Waals surface area contributed by atoms with E-state index in [4.69, 9.17) is 0 Å². The molecule has 0 aliphatic heterocycles. The summed E-state index contributed by atoms with van der Waals surface area (Å²) in [7, 11) is 0. The van der Waals surface area contributed by atoms with E-state index in [1.54, 1.807) is 0 Å². The molecule has 0 spiro atoms. The first-order valence-electron chi connectivity index (χ1n) is 8.26. The highest BCUT2D eigenvalue weighted by Gasteiger charge is 2.34. The van der Waals surface area contributed by atoms with Crippen molar-refractivity contribution >= 4 is 10.9 Å². The largest absolute Gasteiger partial charge is 0.358 e. The molecule has 3 rings (SSSR count). The molecule has 1 aliphatic rings. The maximum Gasteiger partial charge on any atom is 0.0489 e. The van der Waals surface area contributed by atoms with Gasteiger partial charge in [-0.15, -0.1) is 0 Å². The lowest BCUT2D eigenvalue weighted by molar-refractivity contribution is 0.257. The highest BCUT2D eigenvalue weighted by Crippen LogP contribution is 2.44. The maximum absolute atomic E-state index is 3.78. The number of aromatic nitrogens is 1. The van der Waals surface area contributed by atoms with Crippen LogP contribution in [-0.4, -0.2) is 11.5 Å². The van der Waals surface area contributed by atoms with Crippen LogP contribution in [0.3, 0.4) is 0 Å². The third-order valence-corrected chi connectivity index (χ3v) is 4.77. The summed E-state index contributed by atoms with van der Waals surface area (Å²) < 4.78 is 0. The van der Waals surface area contributed by atoms with E-state index in [1.165, 1.54) is 46.1 Å². The number of nitrogens with one attached hydrogen (secondary N) is 2. The molecule has 1 aliphatic carbocycles. The van der Waals surface area contributed by atoms with Gasteiger partial charge in [-0.2, -0.15) is 0 Å². The van der Waals surface area contributed by atoms with Crippen molar-refractivity contribution < 1.29 is 0 Å². The zero-order valence-corrected chi connectivity index (χ0v) is 14.1. The lowest BCUT2D eigenvalue weighted by atomic mass is 9.74. The van der Waals surface area contributed by atoms with Gasteiger partial charge in [-0.05, 0) is 62.3 Å². The Hall–Kier alpha value is -1.28. The fourth-order valence-electron chi connectivity index (χ4n) is 3.96. The summed E-state index contributed by atoms with van der Waals surface area (Å²) in [4.78, 5) is 3.73. The van der Waals surface area contributed by atoms with Crippen LogP contribution in [0.4, 0.5) is 0 Å². The van der Waals surface area contributed by atoms with Gasteiger partial charge in [-0.3, -0.25) is 0 Å². The van der Waals surface area contributed by atoms with E-state index in [0.29, 0.717) is 11.5 Å². The van der Waals surface area contributed by atoms with E-state index < -0.39 is 0 Å². The minimum Gasteiger partial charge on any atom is -0.358 e. The number of fused-ring (bicyclic) bond motifs is 3. The Balaban J connectivity index is 2.17. The molecule has 1 aromatic carbocycles. The monoisotopic (exact) mass is 284 g/mol. The predicted octanol–water partition coefficient (Wildman–Crippen LogP) is 4.80. The van der Waals surface area contributed by atoms with Gasteiger partial charge in [0.25, 0.3) is 0 Å². The molecule has 1 heterocycles. The first-order valence-corrected chi connectivity index (χ1v) is 8.26. The van der Waals surface area contributed by atoms with E-state index in [1.807, 2.05) is 0 Å². The van der Waals surface area contributed by atoms with Crippen molar-refractivity contribution in [2.24, 2.45) is 5.41 Å². The Kier molecular flexibility index (Phi) is 3.61. The van der Waals surface area contributed by atoms with Crippen LogP contribution in [0.25, 0.3) is 10.9 Å². The van der Waals surface area contributed by atoms with Gasteiger partial charge >= 0.3 is 0 Å². The molecule has 0 saturated carbocycles. The molecule has 0 fully saturated rings. The van der Waals surface area contributed by atoms with Crippen molar-refractivity contribution in [1.29, 1.82) is 0 Å². The summed E-state index contributed by atoms with van der Waals surface area (Å²) in [6.45, 7) is 12.5. The summed E-state index contributed by atoms with van der Waals surface area (Å²) in [5.41, 5.74) is 7.41. The van der Waals surface area contributed by atoms with Crippen LogP contribution in [0.5, 0.6) is 0 Å². The number of aromatic amines is 1. The molecule has 1 atom stereocenters. The SMILES string of the molecule is CCCNC1CC(C)(C)Cc2[nH]c3c(C)cc(C)cc3c21. The summed E-state index contributed by atoms with van der Waals surface area (Å²) in [5.74, 6) is 0. The van der Waals surface area contributed by atoms with E-state index in [9.17, 15) is 0 Å². The highest BCUT2D eigenvalue weighted by atomic mass is 14.9. The lowest BCUT2D eigenvalue weighted by Crippen LogP contribution is -2.33. The quantitative estimate of drug-likeness (QED) is 0.832. The van der Waals surface area contributed by atoms with E-state index in [-0.39, 0.29) is 0 Å². The Labute approximate surface area is 128 Å². The summed E-state index contributed by atoms with van der Waals surface area (Å²) in [6.07, 6.45) is 3.56. The van der Waals surface area contributed by atoms with E-state index >= 15 is 0 Å². The van der Waals surface area contributed by atoms with E-state index in [0.717, 1.165) is 13.0 Å². The van der Waals surface area contributed by atoms with Crippen LogP contribution in [0, 0.1) is 19.3 Å². The van der Waals surface area contributed by atoms with Gasteiger partial charge in [0.2, 0.25) is 0 Å². The lowest BCUT2D eigenvalue weighted by Gasteiger charge is -2.36. The number of benzene rings is 1. The first-order chi connectivity index (χ1) is 9.91. The minimum absolute atomic E-state index is 0.363. The molecule has 21 heavy (non-hydrogen) atoms. The van der Waals surface area contributed by atoms with Crippen molar-refractivity contribution in [3.8, 4) is 0 Å². The van der Waals surface area contributed by atoms with Gasteiger partial charge in [0, 0.05) is 22.6 Å². The molecule has 1 aromatic heterocycles. The van der Waals surface area contributed by atoms with Gasteiger partial charge in [0.15, 0.2) is 0 Å². The molecule has 0 bridgehead atoms. The van der Waals surface area contributed by atoms with Crippen molar-refractivity contribution in [3.63, 3.8) is 0 Å². The molecule has 2 N–H and O–H groups in total. The second-order valence-electron chi connectivity index (χ2n) is 7.57. The number of rotatable bonds is 3. The van der Waals surface area contributed by atoms with E-state index in [2.05, 4.69) is 57.1 Å². The van der Waals surface area contributed by atoms with Gasteiger partial charge in [0.05, 0.1) is 0 Å². The number of hydrogen-bond acceptors (Lipinski definition) is 1. The Morgan fingerprint density at radius 2 is 2.05 bits per heavy atom. The van der Waals surface area contributed by atoms with Crippen LogP contribution in [0.2, 0.25) is 0 Å². The summed E-state index contributed by atoms with van der Waals surface area (Å²) >= 11 is 0. The summed E-state index contributed by atoms with van der Waals surface area (Å²) in [5, 5.41) is 5.22. The summed E-state index contributed by atoms with van der Waals surface area (Å²) in [6, 6.07) is 5.12. The highest BCUT2D eigenvalue weighted by molar-refractivity contribution is 5.88. The van der Waals surface area contributed by atoms with Gasteiger partial charge < -0.3 is 10.3 Å². The Morgan fingerprint density at radius 1 is 1.29 bits per heavy atom. The number of hydrogen-bond donors (Lipinski definition) is 2. The molecule has 1 unspecified atom stereocenters. The number of H-pyrrole nitrogens is 1. The zero-order valence-electron chi connectivity index (χ0n) is 14.1. The van der Waals surface area contributed by atoms with Crippen molar-refractivity contribution in [2.75, 3.05) is 6.54 Å². The fourth-order valence-corrected chi connectivity index (χ4v) is 3.96. The average molecular weight is 284 g/mol. The van der Waals surface area contributed by atoms with Gasteiger partial charge in [0.1, 0.15) is 0 Å². The zero-order chi connectivity index (χ0) is 15.2. The molecule has 114 valence electrons. The molecule has 2 nitrogen and oxygen atoms in total. The normalized spacial score (nSPS) is 20.7. The third-order valence-electron chi connectivity index (χ3n) is 4.77. The van der Waals surface area contributed by atoms with Crippen LogP contribution in [0.1, 0.15) is 62.0 Å². The smallest absolute Gasteiger partial charge is 0.0489 e. The molecule has 2 aromatic rings. The second-order valence-corrected chi connectivity index (χ2v) is 7.57. The topological polar surface area (TPSA) is 27.8 Å². The predicted molar refractivity (Wildman–Crippen MR) is 90.9 cm³/mol. The standard InChI is InChI=1S/C19H28N2/c1-6-7-20-15-10-19(4,5)11-16-17(15)14-9-12(2)8-13(3)18(14)21-16/h8-9,15,20-21H,6-7,10-11H2,1-5H3.